The van der Waals surface area contributed by atoms with Gasteiger partial charge in [0.05, 0.1) is 25.8 Å². The van der Waals surface area contributed by atoms with Crippen LogP contribution in [0.5, 0.6) is 11.5 Å². The zero-order valence-corrected chi connectivity index (χ0v) is 13.1. The molecule has 21 heavy (non-hydrogen) atoms. The summed E-state index contributed by atoms with van der Waals surface area (Å²) in [5, 5.41) is 3.46. The Labute approximate surface area is 126 Å². The lowest BCUT2D eigenvalue weighted by Crippen LogP contribution is -2.42. The van der Waals surface area contributed by atoms with Crippen LogP contribution in [0.2, 0.25) is 0 Å². The third kappa shape index (κ3) is 3.97. The van der Waals surface area contributed by atoms with E-state index in [-0.39, 0.29) is 11.8 Å². The van der Waals surface area contributed by atoms with Gasteiger partial charge >= 0.3 is 0 Å². The Morgan fingerprint density at radius 1 is 1.19 bits per heavy atom. The maximum absolute atomic E-state index is 12.7. The first-order valence-corrected chi connectivity index (χ1v) is 7.68. The molecule has 1 aliphatic rings. The molecule has 1 unspecified atom stereocenters. The number of hydrogen-bond donors (Lipinski definition) is 1. The number of ketones is 1. The van der Waals surface area contributed by atoms with Crippen LogP contribution in [0.3, 0.4) is 0 Å². The third-order valence-corrected chi connectivity index (χ3v) is 4.16. The first-order chi connectivity index (χ1) is 10.2. The van der Waals surface area contributed by atoms with Gasteiger partial charge in [0.25, 0.3) is 0 Å². The van der Waals surface area contributed by atoms with Crippen LogP contribution in [0.25, 0.3) is 0 Å². The molecule has 0 aliphatic heterocycles. The number of Topliss-reactive ketones (excluding diaryl/α,β-unsaturated/α-hetero) is 1. The Balaban J connectivity index is 2.10. The predicted molar refractivity (Wildman–Crippen MR) is 83.3 cm³/mol. The Bertz CT molecular complexity index is 481. The second kappa shape index (κ2) is 7.46. The minimum absolute atomic E-state index is 0.0522. The molecule has 0 bridgehead atoms. The second-order valence-corrected chi connectivity index (χ2v) is 5.65. The van der Waals surface area contributed by atoms with Gasteiger partial charge in [-0.05, 0) is 38.0 Å². The van der Waals surface area contributed by atoms with Crippen molar-refractivity contribution in [3.8, 4) is 11.5 Å². The van der Waals surface area contributed by atoms with Crippen LogP contribution in [0.4, 0.5) is 0 Å². The molecule has 4 heteroatoms. The maximum atomic E-state index is 12.7. The average molecular weight is 291 g/mol. The SMILES string of the molecule is COc1ccc(OC)c(C(=O)C(C)NC2CCCCC2)c1. The van der Waals surface area contributed by atoms with Gasteiger partial charge in [-0.3, -0.25) is 4.79 Å². The fraction of sp³-hybridized carbons (Fsp3) is 0.588. The highest BCUT2D eigenvalue weighted by atomic mass is 16.5. The first kappa shape index (κ1) is 15.8. The van der Waals surface area contributed by atoms with Crippen molar-refractivity contribution in [2.24, 2.45) is 0 Å². The van der Waals surface area contributed by atoms with Crippen molar-refractivity contribution in [3.63, 3.8) is 0 Å². The van der Waals surface area contributed by atoms with Crippen LogP contribution in [0, 0.1) is 0 Å². The van der Waals surface area contributed by atoms with Crippen molar-refractivity contribution >= 4 is 5.78 Å². The summed E-state index contributed by atoms with van der Waals surface area (Å²) in [4.78, 5) is 12.7. The molecule has 1 aromatic carbocycles. The number of rotatable bonds is 6. The van der Waals surface area contributed by atoms with Crippen LogP contribution < -0.4 is 14.8 Å². The molecule has 1 aromatic rings. The highest BCUT2D eigenvalue weighted by Gasteiger charge is 2.23. The molecular weight excluding hydrogens is 266 g/mol. The molecule has 4 nitrogen and oxygen atoms in total. The monoisotopic (exact) mass is 291 g/mol. The van der Waals surface area contributed by atoms with Gasteiger partial charge in [-0.25, -0.2) is 0 Å². The number of methoxy groups -OCH3 is 2. The summed E-state index contributed by atoms with van der Waals surface area (Å²) in [7, 11) is 3.18. The summed E-state index contributed by atoms with van der Waals surface area (Å²) < 4.78 is 10.5. The summed E-state index contributed by atoms with van der Waals surface area (Å²) >= 11 is 0. The lowest BCUT2D eigenvalue weighted by molar-refractivity contribution is 0.0937. The molecule has 0 saturated heterocycles. The first-order valence-electron chi connectivity index (χ1n) is 7.68. The van der Waals surface area contributed by atoms with Crippen LogP contribution in [-0.2, 0) is 0 Å². The van der Waals surface area contributed by atoms with E-state index < -0.39 is 0 Å². The molecule has 0 amide bonds. The molecule has 0 aromatic heterocycles. The minimum atomic E-state index is -0.214. The van der Waals surface area contributed by atoms with Crippen molar-refractivity contribution in [2.75, 3.05) is 14.2 Å². The van der Waals surface area contributed by atoms with E-state index in [1.165, 1.54) is 19.3 Å². The van der Waals surface area contributed by atoms with Crippen molar-refractivity contribution in [2.45, 2.75) is 51.1 Å². The summed E-state index contributed by atoms with van der Waals surface area (Å²) in [5.41, 5.74) is 0.577. The summed E-state index contributed by atoms with van der Waals surface area (Å²) in [6.45, 7) is 1.93. The lowest BCUT2D eigenvalue weighted by Gasteiger charge is -2.26. The molecule has 0 radical (unpaired) electrons. The van der Waals surface area contributed by atoms with Gasteiger partial charge in [0.2, 0.25) is 0 Å². The standard InChI is InChI=1S/C17H25NO3/c1-12(18-13-7-5-4-6-8-13)17(19)15-11-14(20-2)9-10-16(15)21-3/h9-13,18H,4-8H2,1-3H3. The van der Waals surface area contributed by atoms with Gasteiger partial charge in [0.1, 0.15) is 11.5 Å². The van der Waals surface area contributed by atoms with Gasteiger partial charge in [0.15, 0.2) is 5.78 Å². The van der Waals surface area contributed by atoms with Crippen LogP contribution in [-0.4, -0.2) is 32.1 Å². The molecule has 2 rings (SSSR count). The van der Waals surface area contributed by atoms with E-state index in [1.807, 2.05) is 6.92 Å². The molecule has 0 spiro atoms. The highest BCUT2D eigenvalue weighted by Crippen LogP contribution is 2.26. The minimum Gasteiger partial charge on any atom is -0.497 e. The zero-order valence-electron chi connectivity index (χ0n) is 13.1. The van der Waals surface area contributed by atoms with Crippen LogP contribution in [0.15, 0.2) is 18.2 Å². The number of benzene rings is 1. The summed E-state index contributed by atoms with van der Waals surface area (Å²) in [6.07, 6.45) is 6.13. The van der Waals surface area contributed by atoms with Crippen LogP contribution >= 0.6 is 0 Å². The summed E-state index contributed by atoms with van der Waals surface area (Å²) in [5.74, 6) is 1.32. The van der Waals surface area contributed by atoms with Gasteiger partial charge < -0.3 is 14.8 Å². The topological polar surface area (TPSA) is 47.6 Å². The average Bonchev–Trinajstić information content (AvgIpc) is 2.54. The van der Waals surface area contributed by atoms with E-state index in [4.69, 9.17) is 9.47 Å². The number of hydrogen-bond acceptors (Lipinski definition) is 4. The number of carbonyl (C=O) groups excluding carboxylic acids is 1. The third-order valence-electron chi connectivity index (χ3n) is 4.16. The van der Waals surface area contributed by atoms with Crippen molar-refractivity contribution < 1.29 is 14.3 Å². The van der Waals surface area contributed by atoms with E-state index in [0.717, 1.165) is 12.8 Å². The molecular formula is C17H25NO3. The molecule has 116 valence electrons. The van der Waals surface area contributed by atoms with Crippen molar-refractivity contribution in [1.29, 1.82) is 0 Å². The number of ether oxygens (including phenoxy) is 2. The molecule has 1 saturated carbocycles. The Kier molecular flexibility index (Phi) is 5.62. The maximum Gasteiger partial charge on any atom is 0.183 e. The molecule has 0 heterocycles. The number of carbonyl (C=O) groups is 1. The largest absolute Gasteiger partial charge is 0.497 e. The molecule has 1 atom stereocenters. The van der Waals surface area contributed by atoms with Gasteiger partial charge in [-0.2, -0.15) is 0 Å². The van der Waals surface area contributed by atoms with E-state index in [9.17, 15) is 4.79 Å². The normalized spacial score (nSPS) is 17.3. The fourth-order valence-corrected chi connectivity index (χ4v) is 2.94. The Hall–Kier alpha value is -1.55. The Morgan fingerprint density at radius 3 is 2.52 bits per heavy atom. The molecule has 1 N–H and O–H groups in total. The zero-order chi connectivity index (χ0) is 15.2. The second-order valence-electron chi connectivity index (χ2n) is 5.65. The number of nitrogens with one attached hydrogen (secondary N) is 1. The molecule has 1 fully saturated rings. The van der Waals surface area contributed by atoms with Crippen molar-refractivity contribution in [1.82, 2.24) is 5.32 Å². The van der Waals surface area contributed by atoms with E-state index in [1.54, 1.807) is 32.4 Å². The summed E-state index contributed by atoms with van der Waals surface area (Å²) in [6, 6.07) is 5.57. The predicted octanol–water partition coefficient (Wildman–Crippen LogP) is 3.20. The highest BCUT2D eigenvalue weighted by molar-refractivity contribution is 6.02. The quantitative estimate of drug-likeness (QED) is 0.818. The van der Waals surface area contributed by atoms with Gasteiger partial charge in [-0.1, -0.05) is 19.3 Å². The fourth-order valence-electron chi connectivity index (χ4n) is 2.94. The van der Waals surface area contributed by atoms with Gasteiger partial charge in [0, 0.05) is 6.04 Å². The molecule has 1 aliphatic carbocycles. The van der Waals surface area contributed by atoms with E-state index >= 15 is 0 Å². The lowest BCUT2D eigenvalue weighted by atomic mass is 9.94. The van der Waals surface area contributed by atoms with E-state index in [0.29, 0.717) is 23.1 Å². The van der Waals surface area contributed by atoms with Gasteiger partial charge in [-0.15, -0.1) is 0 Å². The van der Waals surface area contributed by atoms with Crippen molar-refractivity contribution in [3.05, 3.63) is 23.8 Å². The van der Waals surface area contributed by atoms with E-state index in [2.05, 4.69) is 5.32 Å². The Morgan fingerprint density at radius 2 is 1.90 bits per heavy atom. The van der Waals surface area contributed by atoms with Crippen LogP contribution in [0.1, 0.15) is 49.4 Å². The smallest absolute Gasteiger partial charge is 0.183 e.